The molecule has 0 amide bonds. The molecule has 2 atom stereocenters. The number of nitrogens with zero attached hydrogens (tertiary/aromatic N) is 1. The first-order valence-corrected chi connectivity index (χ1v) is 6.97. The van der Waals surface area contributed by atoms with Gasteiger partial charge in [-0.1, -0.05) is 36.3 Å². The highest BCUT2D eigenvalue weighted by atomic mass is 16.5. The van der Waals surface area contributed by atoms with Gasteiger partial charge in [0.2, 0.25) is 0 Å². The Balaban J connectivity index is 2.36. The molecule has 0 saturated carbocycles. The quantitative estimate of drug-likeness (QED) is 0.339. The second-order valence-corrected chi connectivity index (χ2v) is 5.31. The molecule has 0 bridgehead atoms. The predicted molar refractivity (Wildman–Crippen MR) is 77.5 cm³/mol. The van der Waals surface area contributed by atoms with Crippen LogP contribution in [0.15, 0.2) is 29.4 Å². The summed E-state index contributed by atoms with van der Waals surface area (Å²) < 4.78 is 5.60. The summed E-state index contributed by atoms with van der Waals surface area (Å²) in [6.45, 7) is 2.43. The fourth-order valence-corrected chi connectivity index (χ4v) is 2.81. The molecule has 1 heterocycles. The van der Waals surface area contributed by atoms with Crippen LogP contribution in [0.4, 0.5) is 0 Å². The summed E-state index contributed by atoms with van der Waals surface area (Å²) in [7, 11) is 0. The Hall–Kier alpha value is -2.08. The van der Waals surface area contributed by atoms with E-state index in [4.69, 9.17) is 15.7 Å². The molecule has 0 spiro atoms. The Kier molecular flexibility index (Phi) is 4.47. The normalized spacial score (nSPS) is 26.5. The molecule has 2 unspecified atom stereocenters. The number of hydrogen-bond acceptors (Lipinski definition) is 4. The predicted octanol–water partition coefficient (Wildman–Crippen LogP) is 1.69. The van der Waals surface area contributed by atoms with Crippen molar-refractivity contribution in [2.45, 2.75) is 37.7 Å². The van der Waals surface area contributed by atoms with Crippen LogP contribution in [-0.4, -0.2) is 34.8 Å². The summed E-state index contributed by atoms with van der Waals surface area (Å²) in [5, 5.41) is 21.3. The van der Waals surface area contributed by atoms with Crippen LogP contribution in [0.1, 0.15) is 37.3 Å². The maximum absolute atomic E-state index is 11.9. The molecule has 0 aliphatic carbocycles. The first-order valence-electron chi connectivity index (χ1n) is 6.97. The number of hydrogen-bond donors (Lipinski definition) is 3. The number of nitrogens with two attached hydrogens (primary N) is 1. The van der Waals surface area contributed by atoms with Gasteiger partial charge in [0.05, 0.1) is 11.5 Å². The molecule has 1 fully saturated rings. The summed E-state index contributed by atoms with van der Waals surface area (Å²) in [5.74, 6) is -0.829. The molecule has 4 N–H and O–H groups in total. The van der Waals surface area contributed by atoms with Gasteiger partial charge in [-0.15, -0.1) is 0 Å². The van der Waals surface area contributed by atoms with Crippen LogP contribution in [0, 0.1) is 0 Å². The van der Waals surface area contributed by atoms with E-state index in [2.05, 4.69) is 5.16 Å². The van der Waals surface area contributed by atoms with Crippen molar-refractivity contribution in [1.29, 1.82) is 0 Å². The molecule has 1 aromatic rings. The molecule has 6 nitrogen and oxygen atoms in total. The lowest BCUT2D eigenvalue weighted by Crippen LogP contribution is -2.44. The van der Waals surface area contributed by atoms with Crippen LogP contribution < -0.4 is 5.73 Å². The smallest absolute Gasteiger partial charge is 0.314 e. The lowest BCUT2D eigenvalue weighted by molar-refractivity contribution is -0.150. The number of carboxylic acid groups (broad SMARTS) is 1. The van der Waals surface area contributed by atoms with Crippen LogP contribution in [0.3, 0.4) is 0 Å². The minimum atomic E-state index is -0.928. The Morgan fingerprint density at radius 1 is 1.48 bits per heavy atom. The van der Waals surface area contributed by atoms with Crippen molar-refractivity contribution in [3.63, 3.8) is 0 Å². The zero-order valence-electron chi connectivity index (χ0n) is 12.0. The van der Waals surface area contributed by atoms with E-state index in [1.165, 1.54) is 0 Å². The van der Waals surface area contributed by atoms with E-state index < -0.39 is 11.4 Å². The van der Waals surface area contributed by atoms with E-state index in [0.717, 1.165) is 12.0 Å². The highest BCUT2D eigenvalue weighted by Crippen LogP contribution is 2.38. The Bertz CT molecular complexity index is 541. The van der Waals surface area contributed by atoms with Gasteiger partial charge in [-0.3, -0.25) is 4.79 Å². The maximum Gasteiger partial charge on any atom is 0.314 e. The summed E-state index contributed by atoms with van der Waals surface area (Å²) in [5.41, 5.74) is 5.88. The number of oxime groups is 1. The summed E-state index contributed by atoms with van der Waals surface area (Å²) in [6.07, 6.45) is 1.65. The fourth-order valence-electron chi connectivity index (χ4n) is 2.81. The van der Waals surface area contributed by atoms with Crippen LogP contribution in [0.2, 0.25) is 0 Å². The molecule has 6 heteroatoms. The van der Waals surface area contributed by atoms with E-state index >= 15 is 0 Å². The van der Waals surface area contributed by atoms with Gasteiger partial charge >= 0.3 is 5.97 Å². The third-order valence-corrected chi connectivity index (χ3v) is 4.16. The average molecular weight is 292 g/mol. The minimum absolute atomic E-state index is 0.00402. The maximum atomic E-state index is 11.9. The molecule has 0 radical (unpaired) electrons. The SMILES string of the molecule is CCC1CC(C(=O)O)(c2ccc(C(N)=NO)cc2)CCO1. The van der Waals surface area contributed by atoms with E-state index in [1.54, 1.807) is 24.3 Å². The number of ether oxygens (including phenoxy) is 1. The summed E-state index contributed by atoms with van der Waals surface area (Å²) in [6, 6.07) is 6.82. The summed E-state index contributed by atoms with van der Waals surface area (Å²) >= 11 is 0. The van der Waals surface area contributed by atoms with E-state index in [9.17, 15) is 9.90 Å². The minimum Gasteiger partial charge on any atom is -0.481 e. The van der Waals surface area contributed by atoms with E-state index in [1.807, 2.05) is 6.92 Å². The topological polar surface area (TPSA) is 105 Å². The van der Waals surface area contributed by atoms with Crippen LogP contribution in [0.25, 0.3) is 0 Å². The molecule has 114 valence electrons. The van der Waals surface area contributed by atoms with Crippen molar-refractivity contribution < 1.29 is 19.8 Å². The van der Waals surface area contributed by atoms with Crippen LogP contribution in [-0.2, 0) is 14.9 Å². The largest absolute Gasteiger partial charge is 0.481 e. The second-order valence-electron chi connectivity index (χ2n) is 5.31. The Labute approximate surface area is 123 Å². The first kappa shape index (κ1) is 15.3. The fraction of sp³-hybridized carbons (Fsp3) is 0.467. The number of amidine groups is 1. The lowest BCUT2D eigenvalue weighted by atomic mass is 9.72. The highest BCUT2D eigenvalue weighted by molar-refractivity contribution is 5.97. The van der Waals surface area contributed by atoms with Gasteiger partial charge in [0, 0.05) is 12.2 Å². The van der Waals surface area contributed by atoms with Gasteiger partial charge in [0.15, 0.2) is 5.84 Å². The Morgan fingerprint density at radius 2 is 2.14 bits per heavy atom. The molecule has 0 aromatic heterocycles. The third-order valence-electron chi connectivity index (χ3n) is 4.16. The molecule has 21 heavy (non-hydrogen) atoms. The highest BCUT2D eigenvalue weighted by Gasteiger charge is 2.44. The van der Waals surface area contributed by atoms with Gasteiger partial charge in [-0.05, 0) is 24.8 Å². The number of carbonyl (C=O) groups is 1. The monoisotopic (exact) mass is 292 g/mol. The van der Waals surface area contributed by atoms with Gasteiger partial charge in [0.25, 0.3) is 0 Å². The van der Waals surface area contributed by atoms with Gasteiger partial charge in [0.1, 0.15) is 0 Å². The third kappa shape index (κ3) is 2.85. The Morgan fingerprint density at radius 3 is 2.67 bits per heavy atom. The first-order chi connectivity index (χ1) is 10.0. The number of benzene rings is 1. The van der Waals surface area contributed by atoms with Gasteiger partial charge in [-0.25, -0.2) is 0 Å². The second kappa shape index (κ2) is 6.13. The van der Waals surface area contributed by atoms with Crippen molar-refractivity contribution >= 4 is 11.8 Å². The standard InChI is InChI=1S/C15H20N2O4/c1-2-12-9-15(14(18)19,7-8-21-12)11-5-3-10(4-6-11)13(16)17-20/h3-6,12,20H,2,7-9H2,1H3,(H2,16,17)(H,18,19). The van der Waals surface area contributed by atoms with Crippen molar-refractivity contribution in [2.24, 2.45) is 10.9 Å². The van der Waals surface area contributed by atoms with Gasteiger partial charge in [-0.2, -0.15) is 0 Å². The lowest BCUT2D eigenvalue weighted by Gasteiger charge is -2.38. The molecule has 1 aromatic carbocycles. The number of rotatable bonds is 4. The average Bonchev–Trinajstić information content (AvgIpc) is 2.54. The van der Waals surface area contributed by atoms with Crippen LogP contribution in [0.5, 0.6) is 0 Å². The van der Waals surface area contributed by atoms with E-state index in [0.29, 0.717) is 25.0 Å². The zero-order valence-corrected chi connectivity index (χ0v) is 12.0. The van der Waals surface area contributed by atoms with Crippen molar-refractivity contribution in [2.75, 3.05) is 6.61 Å². The molecule has 1 aliphatic heterocycles. The van der Waals surface area contributed by atoms with Crippen LogP contribution >= 0.6 is 0 Å². The molecular weight excluding hydrogens is 272 g/mol. The molecular formula is C15H20N2O4. The van der Waals surface area contributed by atoms with Gasteiger partial charge < -0.3 is 20.8 Å². The van der Waals surface area contributed by atoms with E-state index in [-0.39, 0.29) is 11.9 Å². The van der Waals surface area contributed by atoms with Crippen molar-refractivity contribution in [1.82, 2.24) is 0 Å². The van der Waals surface area contributed by atoms with Crippen molar-refractivity contribution in [3.8, 4) is 0 Å². The summed E-state index contributed by atoms with van der Waals surface area (Å²) in [4.78, 5) is 11.9. The zero-order chi connectivity index (χ0) is 15.5. The van der Waals surface area contributed by atoms with Crippen molar-refractivity contribution in [3.05, 3.63) is 35.4 Å². The number of aliphatic carboxylic acids is 1. The molecule has 1 aliphatic rings. The molecule has 1 saturated heterocycles. The number of carboxylic acids is 1. The molecule has 2 rings (SSSR count).